The molecule has 0 spiro atoms. The number of benzene rings is 1. The Balaban J connectivity index is 1.74. The van der Waals surface area contributed by atoms with Gasteiger partial charge in [-0.25, -0.2) is 0 Å². The van der Waals surface area contributed by atoms with Crippen LogP contribution in [-0.4, -0.2) is 33.3 Å². The van der Waals surface area contributed by atoms with Gasteiger partial charge in [-0.1, -0.05) is 18.2 Å². The van der Waals surface area contributed by atoms with Crippen molar-refractivity contribution >= 4 is 0 Å². The Morgan fingerprint density at radius 1 is 1.29 bits per heavy atom. The quantitative estimate of drug-likeness (QED) is 0.846. The molecule has 2 aromatic rings. The van der Waals surface area contributed by atoms with E-state index in [4.69, 9.17) is 0 Å². The summed E-state index contributed by atoms with van der Waals surface area (Å²) in [5.74, 6) is 1.49. The minimum Gasteiger partial charge on any atom is -0.316 e. The number of hydrogen-bond acceptors (Lipinski definition) is 4. The molecule has 0 aliphatic carbocycles. The summed E-state index contributed by atoms with van der Waals surface area (Å²) in [6, 6.07) is 9.87. The van der Waals surface area contributed by atoms with Crippen LogP contribution in [0.3, 0.4) is 0 Å². The zero-order valence-corrected chi connectivity index (χ0v) is 9.58. The van der Waals surface area contributed by atoms with Gasteiger partial charge in [-0.2, -0.15) is 0 Å². The Hall–Kier alpha value is -1.75. The first-order chi connectivity index (χ1) is 8.42. The first-order valence-electron chi connectivity index (χ1n) is 5.97. The first-order valence-corrected chi connectivity index (χ1v) is 5.97. The van der Waals surface area contributed by atoms with E-state index in [9.17, 15) is 0 Å². The predicted octanol–water partition coefficient (Wildman–Crippen LogP) is 0.814. The molecular formula is C12H15N5. The highest BCUT2D eigenvalue weighted by molar-refractivity contribution is 5.27. The molecule has 88 valence electrons. The van der Waals surface area contributed by atoms with Gasteiger partial charge in [0.1, 0.15) is 0 Å². The van der Waals surface area contributed by atoms with E-state index >= 15 is 0 Å². The lowest BCUT2D eigenvalue weighted by Crippen LogP contribution is -2.11. The van der Waals surface area contributed by atoms with Crippen LogP contribution in [0, 0.1) is 5.92 Å². The van der Waals surface area contributed by atoms with Crippen molar-refractivity contribution in [3.63, 3.8) is 0 Å². The van der Waals surface area contributed by atoms with E-state index in [2.05, 4.69) is 20.7 Å². The van der Waals surface area contributed by atoms with E-state index in [1.54, 1.807) is 4.80 Å². The van der Waals surface area contributed by atoms with Gasteiger partial charge in [-0.05, 0) is 42.8 Å². The van der Waals surface area contributed by atoms with Crippen LogP contribution < -0.4 is 5.32 Å². The second-order valence-corrected chi connectivity index (χ2v) is 4.39. The third kappa shape index (κ3) is 2.34. The van der Waals surface area contributed by atoms with E-state index in [0.717, 1.165) is 31.0 Å². The molecule has 0 amide bonds. The lowest BCUT2D eigenvalue weighted by molar-refractivity contribution is 0.560. The maximum atomic E-state index is 4.41. The van der Waals surface area contributed by atoms with E-state index in [1.807, 2.05) is 30.3 Å². The van der Waals surface area contributed by atoms with Gasteiger partial charge in [0.05, 0.1) is 5.69 Å². The Kier molecular flexibility index (Phi) is 2.83. The average molecular weight is 229 g/mol. The first kappa shape index (κ1) is 10.4. The van der Waals surface area contributed by atoms with Crippen LogP contribution in [0.2, 0.25) is 0 Å². The molecule has 3 rings (SSSR count). The minimum absolute atomic E-state index is 0.656. The molecule has 1 aromatic heterocycles. The van der Waals surface area contributed by atoms with Crippen molar-refractivity contribution < 1.29 is 0 Å². The standard InChI is InChI=1S/C12H15N5/c1-2-4-11(5-3-1)17-15-12(14-16-17)8-10-6-7-13-9-10/h1-5,10,13H,6-9H2. The lowest BCUT2D eigenvalue weighted by atomic mass is 10.1. The van der Waals surface area contributed by atoms with Gasteiger partial charge in [0, 0.05) is 6.42 Å². The number of hydrogen-bond donors (Lipinski definition) is 1. The number of aromatic nitrogens is 4. The highest BCUT2D eigenvalue weighted by atomic mass is 15.6. The molecule has 1 atom stereocenters. The maximum Gasteiger partial charge on any atom is 0.175 e. The molecule has 1 aliphatic heterocycles. The largest absolute Gasteiger partial charge is 0.316 e. The molecule has 2 heterocycles. The molecule has 0 radical (unpaired) electrons. The molecule has 1 aromatic carbocycles. The van der Waals surface area contributed by atoms with E-state index in [-0.39, 0.29) is 0 Å². The van der Waals surface area contributed by atoms with Gasteiger partial charge >= 0.3 is 0 Å². The van der Waals surface area contributed by atoms with Gasteiger partial charge in [0.25, 0.3) is 0 Å². The van der Waals surface area contributed by atoms with Crippen LogP contribution in [0.15, 0.2) is 30.3 Å². The Bertz CT molecular complexity index is 473. The van der Waals surface area contributed by atoms with Gasteiger partial charge in [-0.15, -0.1) is 15.0 Å². The summed E-state index contributed by atoms with van der Waals surface area (Å²) >= 11 is 0. The van der Waals surface area contributed by atoms with Crippen molar-refractivity contribution in [1.29, 1.82) is 0 Å². The average Bonchev–Trinajstić information content (AvgIpc) is 3.02. The topological polar surface area (TPSA) is 55.6 Å². The number of rotatable bonds is 3. The monoisotopic (exact) mass is 229 g/mol. The number of tetrazole rings is 1. The van der Waals surface area contributed by atoms with Crippen LogP contribution in [0.1, 0.15) is 12.2 Å². The van der Waals surface area contributed by atoms with Crippen molar-refractivity contribution in [3.8, 4) is 5.69 Å². The van der Waals surface area contributed by atoms with Gasteiger partial charge < -0.3 is 5.32 Å². The van der Waals surface area contributed by atoms with Crippen LogP contribution >= 0.6 is 0 Å². The fourth-order valence-corrected chi connectivity index (χ4v) is 2.14. The zero-order chi connectivity index (χ0) is 11.5. The van der Waals surface area contributed by atoms with Crippen LogP contribution in [0.5, 0.6) is 0 Å². The second-order valence-electron chi connectivity index (χ2n) is 4.39. The maximum absolute atomic E-state index is 4.41. The Labute approximate surface area is 99.8 Å². The summed E-state index contributed by atoms with van der Waals surface area (Å²) < 4.78 is 0. The molecule has 1 unspecified atom stereocenters. The summed E-state index contributed by atoms with van der Waals surface area (Å²) in [6.07, 6.45) is 2.12. The number of para-hydroxylation sites is 1. The Morgan fingerprint density at radius 2 is 2.18 bits per heavy atom. The number of nitrogens with zero attached hydrogens (tertiary/aromatic N) is 4. The van der Waals surface area contributed by atoms with Crippen molar-refractivity contribution in [2.45, 2.75) is 12.8 Å². The third-order valence-electron chi connectivity index (χ3n) is 3.08. The summed E-state index contributed by atoms with van der Waals surface area (Å²) in [5, 5.41) is 16.0. The van der Waals surface area contributed by atoms with Crippen LogP contribution in [-0.2, 0) is 6.42 Å². The highest BCUT2D eigenvalue weighted by Gasteiger charge is 2.17. The molecule has 0 bridgehead atoms. The van der Waals surface area contributed by atoms with Crippen LogP contribution in [0.25, 0.3) is 5.69 Å². The fraction of sp³-hybridized carbons (Fsp3) is 0.417. The van der Waals surface area contributed by atoms with E-state index < -0.39 is 0 Å². The second kappa shape index (κ2) is 4.63. The van der Waals surface area contributed by atoms with Crippen LogP contribution in [0.4, 0.5) is 0 Å². The number of nitrogens with one attached hydrogen (secondary N) is 1. The van der Waals surface area contributed by atoms with Crippen molar-refractivity contribution in [1.82, 2.24) is 25.5 Å². The molecule has 17 heavy (non-hydrogen) atoms. The van der Waals surface area contributed by atoms with E-state index in [1.165, 1.54) is 6.42 Å². The van der Waals surface area contributed by atoms with E-state index in [0.29, 0.717) is 5.92 Å². The molecule has 1 N–H and O–H groups in total. The third-order valence-corrected chi connectivity index (χ3v) is 3.08. The SMILES string of the molecule is c1ccc(-n2nnc(CC3CCNC3)n2)cc1. The molecular weight excluding hydrogens is 214 g/mol. The van der Waals surface area contributed by atoms with Crippen molar-refractivity contribution in [2.24, 2.45) is 5.92 Å². The van der Waals surface area contributed by atoms with Crippen molar-refractivity contribution in [2.75, 3.05) is 13.1 Å². The van der Waals surface area contributed by atoms with Gasteiger partial charge in [0.15, 0.2) is 5.82 Å². The van der Waals surface area contributed by atoms with Gasteiger partial charge in [0.2, 0.25) is 0 Å². The molecule has 1 aliphatic rings. The smallest absolute Gasteiger partial charge is 0.175 e. The minimum atomic E-state index is 0.656. The summed E-state index contributed by atoms with van der Waals surface area (Å²) in [6.45, 7) is 2.18. The molecule has 5 nitrogen and oxygen atoms in total. The van der Waals surface area contributed by atoms with Crippen molar-refractivity contribution in [3.05, 3.63) is 36.2 Å². The predicted molar refractivity (Wildman–Crippen MR) is 63.8 cm³/mol. The zero-order valence-electron chi connectivity index (χ0n) is 9.58. The lowest BCUT2D eigenvalue weighted by Gasteiger charge is -2.02. The molecule has 0 saturated carbocycles. The Morgan fingerprint density at radius 3 is 2.94 bits per heavy atom. The summed E-state index contributed by atoms with van der Waals surface area (Å²) in [4.78, 5) is 1.59. The molecule has 1 fully saturated rings. The molecule has 1 saturated heterocycles. The summed E-state index contributed by atoms with van der Waals surface area (Å²) in [5.41, 5.74) is 0.954. The molecule has 5 heteroatoms. The van der Waals surface area contributed by atoms with Gasteiger partial charge in [-0.3, -0.25) is 0 Å². The fourth-order valence-electron chi connectivity index (χ4n) is 2.14. The summed E-state index contributed by atoms with van der Waals surface area (Å²) in [7, 11) is 0. The highest BCUT2D eigenvalue weighted by Crippen LogP contribution is 2.12. The normalized spacial score (nSPS) is 19.6.